The highest BCUT2D eigenvalue weighted by atomic mass is 16.5. The molecule has 1 saturated heterocycles. The highest BCUT2D eigenvalue weighted by Crippen LogP contribution is 2.32. The van der Waals surface area contributed by atoms with Crippen LogP contribution in [0.3, 0.4) is 0 Å². The first-order chi connectivity index (χ1) is 6.60. The smallest absolute Gasteiger partial charge is 0.349 e. The van der Waals surface area contributed by atoms with Crippen molar-refractivity contribution in [3.63, 3.8) is 0 Å². The first kappa shape index (κ1) is 9.14. The molecule has 0 saturated carbocycles. The molecule has 0 aliphatic carbocycles. The number of hydrogen-bond acceptors (Lipinski definition) is 5. The third kappa shape index (κ3) is 1.48. The van der Waals surface area contributed by atoms with Crippen molar-refractivity contribution < 1.29 is 4.74 Å². The molecule has 76 valence electrons. The fourth-order valence-corrected chi connectivity index (χ4v) is 1.62. The van der Waals surface area contributed by atoms with E-state index in [0.29, 0.717) is 12.4 Å². The van der Waals surface area contributed by atoms with Gasteiger partial charge >= 0.3 is 5.69 Å². The quantitative estimate of drug-likeness (QED) is 0.647. The lowest BCUT2D eigenvalue weighted by molar-refractivity contribution is 0.00905. The van der Waals surface area contributed by atoms with Gasteiger partial charge in [0, 0.05) is 6.61 Å². The van der Waals surface area contributed by atoms with Crippen molar-refractivity contribution >= 4 is 5.95 Å². The predicted octanol–water partition coefficient (Wildman–Crippen LogP) is -0.227. The SMILES string of the molecule is CC1(c2nc(N)nc(=O)[nH]2)CCCO1. The number of H-pyrrole nitrogens is 1. The second-order valence-electron chi connectivity index (χ2n) is 3.54. The van der Waals surface area contributed by atoms with Crippen LogP contribution in [0.5, 0.6) is 0 Å². The molecule has 1 aromatic rings. The van der Waals surface area contributed by atoms with E-state index in [1.807, 2.05) is 6.92 Å². The highest BCUT2D eigenvalue weighted by molar-refractivity contribution is 5.16. The van der Waals surface area contributed by atoms with Crippen LogP contribution in [0.4, 0.5) is 5.95 Å². The number of rotatable bonds is 1. The Morgan fingerprint density at radius 3 is 2.93 bits per heavy atom. The van der Waals surface area contributed by atoms with E-state index >= 15 is 0 Å². The Morgan fingerprint density at radius 1 is 1.57 bits per heavy atom. The maximum atomic E-state index is 11.1. The normalized spacial score (nSPS) is 26.6. The van der Waals surface area contributed by atoms with Crippen molar-refractivity contribution in [2.45, 2.75) is 25.4 Å². The van der Waals surface area contributed by atoms with Crippen LogP contribution in [0.2, 0.25) is 0 Å². The molecule has 1 aliphatic heterocycles. The molecule has 1 aliphatic rings. The van der Waals surface area contributed by atoms with E-state index < -0.39 is 11.3 Å². The predicted molar refractivity (Wildman–Crippen MR) is 49.6 cm³/mol. The molecule has 0 bridgehead atoms. The number of aromatic nitrogens is 3. The maximum absolute atomic E-state index is 11.1. The first-order valence-electron chi connectivity index (χ1n) is 4.48. The van der Waals surface area contributed by atoms with Gasteiger partial charge in [0.15, 0.2) is 0 Å². The van der Waals surface area contributed by atoms with E-state index in [9.17, 15) is 4.79 Å². The van der Waals surface area contributed by atoms with Gasteiger partial charge in [-0.1, -0.05) is 0 Å². The molecule has 6 heteroatoms. The minimum absolute atomic E-state index is 0.0134. The van der Waals surface area contributed by atoms with Crippen molar-refractivity contribution in [1.29, 1.82) is 0 Å². The van der Waals surface area contributed by atoms with Gasteiger partial charge in [-0.25, -0.2) is 4.79 Å². The Labute approximate surface area is 80.5 Å². The minimum atomic E-state index is -0.518. The van der Waals surface area contributed by atoms with Gasteiger partial charge in [-0.15, -0.1) is 0 Å². The summed E-state index contributed by atoms with van der Waals surface area (Å²) in [6, 6.07) is 0. The second kappa shape index (κ2) is 3.06. The summed E-state index contributed by atoms with van der Waals surface area (Å²) in [6.07, 6.45) is 1.79. The van der Waals surface area contributed by atoms with Crippen LogP contribution in [0.15, 0.2) is 4.79 Å². The van der Waals surface area contributed by atoms with E-state index in [4.69, 9.17) is 10.5 Å². The molecule has 1 fully saturated rings. The monoisotopic (exact) mass is 196 g/mol. The van der Waals surface area contributed by atoms with Gasteiger partial charge in [-0.2, -0.15) is 9.97 Å². The van der Waals surface area contributed by atoms with Crippen LogP contribution in [-0.4, -0.2) is 21.6 Å². The molecule has 0 spiro atoms. The van der Waals surface area contributed by atoms with Crippen LogP contribution >= 0.6 is 0 Å². The summed E-state index contributed by atoms with van der Waals surface area (Å²) < 4.78 is 5.52. The van der Waals surface area contributed by atoms with Crippen LogP contribution in [0.25, 0.3) is 0 Å². The van der Waals surface area contributed by atoms with E-state index in [-0.39, 0.29) is 5.95 Å². The van der Waals surface area contributed by atoms with Crippen LogP contribution in [0.1, 0.15) is 25.6 Å². The molecule has 1 aromatic heterocycles. The number of nitrogens with zero attached hydrogens (tertiary/aromatic N) is 2. The zero-order valence-corrected chi connectivity index (χ0v) is 7.91. The number of nitrogens with two attached hydrogens (primary N) is 1. The first-order valence-corrected chi connectivity index (χ1v) is 4.48. The number of ether oxygens (including phenoxy) is 1. The molecule has 6 nitrogen and oxygen atoms in total. The molecular formula is C8H12N4O2. The number of anilines is 1. The van der Waals surface area contributed by atoms with Gasteiger partial charge in [0.25, 0.3) is 0 Å². The Hall–Kier alpha value is -1.43. The fourth-order valence-electron chi connectivity index (χ4n) is 1.62. The van der Waals surface area contributed by atoms with Crippen molar-refractivity contribution in [2.75, 3.05) is 12.3 Å². The summed E-state index contributed by atoms with van der Waals surface area (Å²) in [4.78, 5) is 21.0. The molecule has 14 heavy (non-hydrogen) atoms. The van der Waals surface area contributed by atoms with Crippen LogP contribution < -0.4 is 11.4 Å². The summed E-state index contributed by atoms with van der Waals surface area (Å²) >= 11 is 0. The number of aromatic amines is 1. The molecule has 0 aromatic carbocycles. The maximum Gasteiger partial charge on any atom is 0.349 e. The van der Waals surface area contributed by atoms with Gasteiger partial charge in [-0.05, 0) is 19.8 Å². The average Bonchev–Trinajstić information content (AvgIpc) is 2.52. The molecule has 2 heterocycles. The number of hydrogen-bond donors (Lipinski definition) is 2. The molecule has 1 unspecified atom stereocenters. The Morgan fingerprint density at radius 2 is 2.36 bits per heavy atom. The minimum Gasteiger partial charge on any atom is -0.368 e. The van der Waals surface area contributed by atoms with E-state index in [1.165, 1.54) is 0 Å². The van der Waals surface area contributed by atoms with Crippen molar-refractivity contribution in [3.8, 4) is 0 Å². The standard InChI is InChI=1S/C8H12N4O2/c1-8(3-2-4-14-8)5-10-6(9)12-7(13)11-5/h2-4H2,1H3,(H3,9,10,11,12,13). The van der Waals surface area contributed by atoms with E-state index in [2.05, 4.69) is 15.0 Å². The molecule has 3 N–H and O–H groups in total. The Kier molecular flexibility index (Phi) is 1.99. The lowest BCUT2D eigenvalue weighted by Gasteiger charge is -2.21. The number of nitrogen functional groups attached to an aromatic ring is 1. The van der Waals surface area contributed by atoms with E-state index in [1.54, 1.807) is 0 Å². The second-order valence-corrected chi connectivity index (χ2v) is 3.54. The van der Waals surface area contributed by atoms with Crippen LogP contribution in [0, 0.1) is 0 Å². The lowest BCUT2D eigenvalue weighted by Crippen LogP contribution is -2.29. The van der Waals surface area contributed by atoms with Gasteiger partial charge in [0.05, 0.1) is 0 Å². The topological polar surface area (TPSA) is 93.9 Å². The molecule has 2 rings (SSSR count). The van der Waals surface area contributed by atoms with Crippen LogP contribution in [-0.2, 0) is 10.3 Å². The lowest BCUT2D eigenvalue weighted by atomic mass is 10.0. The third-order valence-corrected chi connectivity index (χ3v) is 2.39. The molecule has 0 amide bonds. The molecule has 1 atom stereocenters. The number of nitrogens with one attached hydrogen (secondary N) is 1. The summed E-state index contributed by atoms with van der Waals surface area (Å²) in [5.41, 5.74) is 4.39. The summed E-state index contributed by atoms with van der Waals surface area (Å²) in [5.74, 6) is 0.452. The highest BCUT2D eigenvalue weighted by Gasteiger charge is 2.34. The summed E-state index contributed by atoms with van der Waals surface area (Å²) in [5, 5.41) is 0. The van der Waals surface area contributed by atoms with Gasteiger partial charge in [-0.3, -0.25) is 4.98 Å². The van der Waals surface area contributed by atoms with Gasteiger partial charge < -0.3 is 10.5 Å². The zero-order valence-electron chi connectivity index (χ0n) is 7.91. The molecular weight excluding hydrogens is 184 g/mol. The fraction of sp³-hybridized carbons (Fsp3) is 0.625. The zero-order chi connectivity index (χ0) is 10.2. The Balaban J connectivity index is 2.45. The van der Waals surface area contributed by atoms with Crippen molar-refractivity contribution in [3.05, 3.63) is 16.3 Å². The Bertz CT molecular complexity index is 395. The van der Waals surface area contributed by atoms with Gasteiger partial charge in [0.2, 0.25) is 5.95 Å². The van der Waals surface area contributed by atoms with E-state index in [0.717, 1.165) is 12.8 Å². The van der Waals surface area contributed by atoms with Crippen molar-refractivity contribution in [2.24, 2.45) is 0 Å². The third-order valence-electron chi connectivity index (χ3n) is 2.39. The largest absolute Gasteiger partial charge is 0.368 e. The molecule has 0 radical (unpaired) electrons. The van der Waals surface area contributed by atoms with Gasteiger partial charge in [0.1, 0.15) is 11.4 Å². The summed E-state index contributed by atoms with van der Waals surface area (Å²) in [7, 11) is 0. The average molecular weight is 196 g/mol. The summed E-state index contributed by atoms with van der Waals surface area (Å²) in [6.45, 7) is 2.57. The van der Waals surface area contributed by atoms with Crippen molar-refractivity contribution in [1.82, 2.24) is 15.0 Å².